The van der Waals surface area contributed by atoms with Crippen LogP contribution in [-0.2, 0) is 5.54 Å². The number of benzene rings is 3. The fourth-order valence-electron chi connectivity index (χ4n) is 3.31. The molecule has 26 heavy (non-hydrogen) atoms. The summed E-state index contributed by atoms with van der Waals surface area (Å²) in [6.07, 6.45) is 3.50. The topological polar surface area (TPSA) is 37.8 Å². The van der Waals surface area contributed by atoms with Crippen LogP contribution in [0.2, 0.25) is 0 Å². The molecule has 3 aromatic carbocycles. The van der Waals surface area contributed by atoms with Gasteiger partial charge in [0.2, 0.25) is 5.95 Å². The lowest BCUT2D eigenvalue weighted by atomic mass is 9.77. The molecule has 0 unspecified atom stereocenters. The largest absolute Gasteiger partial charge is 0.337 e. The molecule has 0 bridgehead atoms. The molecule has 126 valence electrons. The number of hydrogen-bond acceptors (Lipinski definition) is 3. The van der Waals surface area contributed by atoms with E-state index < -0.39 is 5.54 Å². The molecule has 0 aliphatic heterocycles. The van der Waals surface area contributed by atoms with Crippen LogP contribution in [0.4, 0.5) is 5.95 Å². The van der Waals surface area contributed by atoms with E-state index in [4.69, 9.17) is 0 Å². The molecule has 0 radical (unpaired) electrons. The molecule has 0 aliphatic rings. The summed E-state index contributed by atoms with van der Waals surface area (Å²) in [5, 5.41) is 3.62. The van der Waals surface area contributed by atoms with Crippen molar-refractivity contribution in [3.63, 3.8) is 0 Å². The van der Waals surface area contributed by atoms with E-state index in [-0.39, 0.29) is 0 Å². The molecule has 0 saturated heterocycles. The molecule has 0 saturated carbocycles. The predicted octanol–water partition coefficient (Wildman–Crippen LogP) is 4.88. The van der Waals surface area contributed by atoms with Crippen LogP contribution < -0.4 is 5.32 Å². The highest BCUT2D eigenvalue weighted by molar-refractivity contribution is 5.56. The van der Waals surface area contributed by atoms with E-state index in [2.05, 4.69) is 88.1 Å². The molecule has 1 N–H and O–H groups in total. The minimum Gasteiger partial charge on any atom is -0.337 e. The second-order valence-corrected chi connectivity index (χ2v) is 6.05. The Balaban J connectivity index is 2.00. The first-order valence-corrected chi connectivity index (χ1v) is 8.61. The average molecular weight is 337 g/mol. The van der Waals surface area contributed by atoms with Crippen molar-refractivity contribution >= 4 is 5.95 Å². The molecule has 3 heteroatoms. The lowest BCUT2D eigenvalue weighted by Crippen LogP contribution is -2.38. The van der Waals surface area contributed by atoms with Crippen molar-refractivity contribution in [1.29, 1.82) is 0 Å². The molecule has 4 rings (SSSR count). The number of nitrogens with one attached hydrogen (secondary N) is 1. The maximum Gasteiger partial charge on any atom is 0.223 e. The molecule has 0 atom stereocenters. The molecule has 1 heterocycles. The first-order valence-electron chi connectivity index (χ1n) is 8.61. The Kier molecular flexibility index (Phi) is 4.44. The molecule has 1 aromatic heterocycles. The predicted molar refractivity (Wildman–Crippen MR) is 105 cm³/mol. The SMILES string of the molecule is c1ccc(C(Nc2ncccn2)(c2ccccc2)c2ccccc2)cc1. The van der Waals surface area contributed by atoms with Crippen molar-refractivity contribution in [2.75, 3.05) is 5.32 Å². The molecular formula is C23H19N3. The highest BCUT2D eigenvalue weighted by Crippen LogP contribution is 2.39. The van der Waals surface area contributed by atoms with Gasteiger partial charge >= 0.3 is 0 Å². The Morgan fingerprint density at radius 3 is 1.27 bits per heavy atom. The summed E-state index contributed by atoms with van der Waals surface area (Å²) in [5.74, 6) is 0.587. The molecule has 4 aromatic rings. The van der Waals surface area contributed by atoms with E-state index in [1.807, 2.05) is 24.3 Å². The van der Waals surface area contributed by atoms with E-state index in [0.29, 0.717) is 5.95 Å². The Morgan fingerprint density at radius 1 is 0.500 bits per heavy atom. The van der Waals surface area contributed by atoms with Gasteiger partial charge in [0.05, 0.1) is 0 Å². The molecule has 0 aliphatic carbocycles. The Bertz CT molecular complexity index is 843. The Hall–Kier alpha value is -3.46. The van der Waals surface area contributed by atoms with Gasteiger partial charge in [-0.3, -0.25) is 0 Å². The van der Waals surface area contributed by atoms with Crippen LogP contribution in [0.5, 0.6) is 0 Å². The van der Waals surface area contributed by atoms with Crippen LogP contribution in [0.3, 0.4) is 0 Å². The van der Waals surface area contributed by atoms with Gasteiger partial charge in [0.1, 0.15) is 5.54 Å². The monoisotopic (exact) mass is 337 g/mol. The zero-order chi connectivity index (χ0) is 17.7. The Morgan fingerprint density at radius 2 is 0.885 bits per heavy atom. The average Bonchev–Trinajstić information content (AvgIpc) is 2.75. The van der Waals surface area contributed by atoms with E-state index in [0.717, 1.165) is 16.7 Å². The lowest BCUT2D eigenvalue weighted by molar-refractivity contribution is 0.700. The van der Waals surface area contributed by atoms with Gasteiger partial charge in [0.25, 0.3) is 0 Å². The van der Waals surface area contributed by atoms with E-state index in [1.165, 1.54) is 0 Å². The molecule has 0 spiro atoms. The minimum atomic E-state index is -0.592. The first kappa shape index (κ1) is 16.0. The smallest absolute Gasteiger partial charge is 0.223 e. The Labute approximate surface area is 153 Å². The molecule has 3 nitrogen and oxygen atoms in total. The third-order valence-corrected chi connectivity index (χ3v) is 4.49. The van der Waals surface area contributed by atoms with Crippen molar-refractivity contribution in [2.24, 2.45) is 0 Å². The van der Waals surface area contributed by atoms with Crippen molar-refractivity contribution in [1.82, 2.24) is 9.97 Å². The summed E-state index contributed by atoms with van der Waals surface area (Å²) < 4.78 is 0. The molecule has 0 amide bonds. The van der Waals surface area contributed by atoms with Crippen LogP contribution >= 0.6 is 0 Å². The van der Waals surface area contributed by atoms with Gasteiger partial charge in [-0.2, -0.15) is 0 Å². The van der Waals surface area contributed by atoms with Crippen LogP contribution in [0.1, 0.15) is 16.7 Å². The number of nitrogens with zero attached hydrogens (tertiary/aromatic N) is 2. The van der Waals surface area contributed by atoms with Crippen LogP contribution in [0, 0.1) is 0 Å². The zero-order valence-corrected chi connectivity index (χ0v) is 14.3. The van der Waals surface area contributed by atoms with Gasteiger partial charge in [-0.05, 0) is 22.8 Å². The van der Waals surface area contributed by atoms with Crippen LogP contribution in [-0.4, -0.2) is 9.97 Å². The zero-order valence-electron chi connectivity index (χ0n) is 14.3. The van der Waals surface area contributed by atoms with Gasteiger partial charge in [-0.25, -0.2) is 9.97 Å². The highest BCUT2D eigenvalue weighted by Gasteiger charge is 2.36. The maximum atomic E-state index is 4.42. The quantitative estimate of drug-likeness (QED) is 0.527. The fourth-order valence-corrected chi connectivity index (χ4v) is 3.31. The van der Waals surface area contributed by atoms with Crippen molar-refractivity contribution < 1.29 is 0 Å². The third kappa shape index (κ3) is 2.95. The summed E-state index contributed by atoms with van der Waals surface area (Å²) in [6.45, 7) is 0. The van der Waals surface area contributed by atoms with Crippen molar-refractivity contribution in [2.45, 2.75) is 5.54 Å². The third-order valence-electron chi connectivity index (χ3n) is 4.49. The number of hydrogen-bond donors (Lipinski definition) is 1. The van der Waals surface area contributed by atoms with Gasteiger partial charge in [0.15, 0.2) is 0 Å². The van der Waals surface area contributed by atoms with Gasteiger partial charge in [-0.15, -0.1) is 0 Å². The van der Waals surface area contributed by atoms with E-state index in [9.17, 15) is 0 Å². The van der Waals surface area contributed by atoms with Crippen molar-refractivity contribution in [3.8, 4) is 0 Å². The van der Waals surface area contributed by atoms with E-state index >= 15 is 0 Å². The van der Waals surface area contributed by atoms with Crippen molar-refractivity contribution in [3.05, 3.63) is 126 Å². The van der Waals surface area contributed by atoms with Gasteiger partial charge in [-0.1, -0.05) is 91.0 Å². The molecular weight excluding hydrogens is 318 g/mol. The normalized spacial score (nSPS) is 11.1. The summed E-state index contributed by atoms with van der Waals surface area (Å²) >= 11 is 0. The summed E-state index contributed by atoms with van der Waals surface area (Å²) in [5.41, 5.74) is 2.80. The maximum absolute atomic E-state index is 4.42. The second-order valence-electron chi connectivity index (χ2n) is 6.05. The molecule has 0 fully saturated rings. The van der Waals surface area contributed by atoms with Crippen LogP contribution in [0.25, 0.3) is 0 Å². The number of anilines is 1. The minimum absolute atomic E-state index is 0.587. The summed E-state index contributed by atoms with van der Waals surface area (Å²) in [4.78, 5) is 8.84. The number of aromatic nitrogens is 2. The fraction of sp³-hybridized carbons (Fsp3) is 0.0435. The summed E-state index contributed by atoms with van der Waals surface area (Å²) in [6, 6.07) is 33.1. The second kappa shape index (κ2) is 7.19. The van der Waals surface area contributed by atoms with E-state index in [1.54, 1.807) is 12.4 Å². The standard InChI is InChI=1S/C23H19N3/c1-4-11-19(12-5-1)23(20-13-6-2-7-14-20,21-15-8-3-9-16-21)26-22-24-17-10-18-25-22/h1-18H,(H,24,25,26). The van der Waals surface area contributed by atoms with Gasteiger partial charge in [0, 0.05) is 12.4 Å². The number of rotatable bonds is 5. The summed E-state index contributed by atoms with van der Waals surface area (Å²) in [7, 11) is 0. The highest BCUT2D eigenvalue weighted by atomic mass is 15.1. The lowest BCUT2D eigenvalue weighted by Gasteiger charge is -2.36. The van der Waals surface area contributed by atoms with Gasteiger partial charge < -0.3 is 5.32 Å². The first-order chi connectivity index (χ1) is 12.9. The van der Waals surface area contributed by atoms with Crippen LogP contribution in [0.15, 0.2) is 109 Å².